The third-order valence-electron chi connectivity index (χ3n) is 10.2. The van der Waals surface area contributed by atoms with Crippen molar-refractivity contribution in [1.29, 1.82) is 0 Å². The molecule has 0 radical (unpaired) electrons. The summed E-state index contributed by atoms with van der Waals surface area (Å²) in [7, 11) is -0.442. The summed E-state index contributed by atoms with van der Waals surface area (Å²) < 4.78 is 18.7. The maximum atomic E-state index is 12.9. The molecule has 3 aliphatic rings. The number of aliphatic hydroxyl groups excluding tert-OH is 1. The standard InChI is InChI=1S/C26H48O6Si/c1-23(2,3)33(8,9)32-20-11-10-12-25(6)18(20)15-26(29)22(28)19(27)13-17(24(26,4)5)14-21(25)31-16-30-7/h17-18,20-22,28-29H,10-16H2,1-9H3/t17-,18-,20-,21+,22-,25-,26+/m1/s1. The molecule has 0 unspecified atom stereocenters. The Balaban J connectivity index is 2.10. The van der Waals surface area contributed by atoms with E-state index in [1.807, 2.05) is 13.8 Å². The molecule has 3 saturated carbocycles. The van der Waals surface area contributed by atoms with Gasteiger partial charge in [0.2, 0.25) is 0 Å². The molecule has 3 rings (SSSR count). The molecule has 3 fully saturated rings. The van der Waals surface area contributed by atoms with Crippen LogP contribution in [0.5, 0.6) is 0 Å². The summed E-state index contributed by atoms with van der Waals surface area (Å²) in [5.74, 6) is -0.360. The van der Waals surface area contributed by atoms with Crippen molar-refractivity contribution in [1.82, 2.24) is 0 Å². The molecular formula is C26H48O6Si. The van der Waals surface area contributed by atoms with E-state index in [-0.39, 0.29) is 53.5 Å². The Hall–Kier alpha value is -0.313. The lowest BCUT2D eigenvalue weighted by Gasteiger charge is -2.62. The summed E-state index contributed by atoms with van der Waals surface area (Å²) in [6.45, 7) is 17.8. The van der Waals surface area contributed by atoms with Crippen molar-refractivity contribution in [2.45, 2.75) is 122 Å². The number of Topliss-reactive ketones (excluding diaryl/α,β-unsaturated/α-hetero) is 1. The first-order valence-electron chi connectivity index (χ1n) is 12.7. The predicted octanol–water partition coefficient (Wildman–Crippen LogP) is 4.67. The lowest BCUT2D eigenvalue weighted by atomic mass is 9.48. The Kier molecular flexibility index (Phi) is 7.41. The number of ketones is 1. The van der Waals surface area contributed by atoms with Crippen LogP contribution in [0.3, 0.4) is 0 Å². The monoisotopic (exact) mass is 484 g/mol. The van der Waals surface area contributed by atoms with E-state index >= 15 is 0 Å². The molecule has 0 amide bonds. The normalized spacial score (nSPS) is 41.8. The minimum atomic E-state index is -2.08. The molecule has 0 spiro atoms. The molecule has 7 atom stereocenters. The number of hydrogen-bond donors (Lipinski definition) is 2. The maximum absolute atomic E-state index is 12.9. The zero-order chi connectivity index (χ0) is 25.0. The molecule has 2 N–H and O–H groups in total. The zero-order valence-corrected chi connectivity index (χ0v) is 23.4. The highest BCUT2D eigenvalue weighted by molar-refractivity contribution is 6.74. The first-order chi connectivity index (χ1) is 15.0. The quantitative estimate of drug-likeness (QED) is 0.436. The van der Waals surface area contributed by atoms with Gasteiger partial charge < -0.3 is 24.1 Å². The van der Waals surface area contributed by atoms with E-state index in [0.717, 1.165) is 19.3 Å². The van der Waals surface area contributed by atoms with E-state index in [2.05, 4.69) is 40.8 Å². The Morgan fingerprint density at radius 3 is 2.39 bits per heavy atom. The van der Waals surface area contributed by atoms with Crippen LogP contribution in [0, 0.1) is 22.7 Å². The second-order valence-electron chi connectivity index (χ2n) is 13.3. The topological polar surface area (TPSA) is 85.2 Å². The summed E-state index contributed by atoms with van der Waals surface area (Å²) in [4.78, 5) is 12.9. The number of carbonyl (C=O) groups excluding carboxylic acids is 1. The van der Waals surface area contributed by atoms with Crippen molar-refractivity contribution in [3.05, 3.63) is 0 Å². The predicted molar refractivity (Wildman–Crippen MR) is 131 cm³/mol. The van der Waals surface area contributed by atoms with Crippen LogP contribution in [0.15, 0.2) is 0 Å². The molecule has 0 aromatic carbocycles. The smallest absolute Gasteiger partial charge is 0.192 e. The molecule has 192 valence electrons. The number of hydrogen-bond acceptors (Lipinski definition) is 6. The van der Waals surface area contributed by atoms with E-state index < -0.39 is 25.4 Å². The highest BCUT2D eigenvalue weighted by atomic mass is 28.4. The molecule has 0 aromatic rings. The first-order valence-corrected chi connectivity index (χ1v) is 15.6. The fourth-order valence-electron chi connectivity index (χ4n) is 6.56. The van der Waals surface area contributed by atoms with Gasteiger partial charge >= 0.3 is 0 Å². The molecule has 0 heterocycles. The van der Waals surface area contributed by atoms with Gasteiger partial charge in [-0.2, -0.15) is 0 Å². The van der Waals surface area contributed by atoms with E-state index in [0.29, 0.717) is 12.8 Å². The van der Waals surface area contributed by atoms with Crippen LogP contribution in [0.4, 0.5) is 0 Å². The Labute approximate surface area is 201 Å². The first kappa shape index (κ1) is 27.3. The number of aliphatic hydroxyl groups is 2. The highest BCUT2D eigenvalue weighted by Gasteiger charge is 2.65. The van der Waals surface area contributed by atoms with Crippen LogP contribution in [0.1, 0.15) is 80.1 Å². The van der Waals surface area contributed by atoms with Gasteiger partial charge in [-0.3, -0.25) is 4.79 Å². The minimum Gasteiger partial charge on any atom is -0.414 e. The lowest BCUT2D eigenvalue weighted by molar-refractivity contribution is -0.245. The molecular weight excluding hydrogens is 436 g/mol. The molecule has 3 aliphatic carbocycles. The van der Waals surface area contributed by atoms with Gasteiger partial charge in [0.15, 0.2) is 14.1 Å². The molecule has 0 aromatic heterocycles. The lowest BCUT2D eigenvalue weighted by Crippen LogP contribution is -2.68. The second kappa shape index (κ2) is 8.97. The average molecular weight is 485 g/mol. The SMILES string of the molecule is COCO[C@H]1C[C@H]2CC(=O)[C@@H](O)[C@@](O)(C[C@@H]3[C@H](O[Si](C)(C)C(C)(C)C)CCC[C@@]13C)C2(C)C. The van der Waals surface area contributed by atoms with Crippen molar-refractivity contribution < 1.29 is 28.9 Å². The zero-order valence-electron chi connectivity index (χ0n) is 22.4. The van der Waals surface area contributed by atoms with E-state index in [9.17, 15) is 15.0 Å². The van der Waals surface area contributed by atoms with Crippen molar-refractivity contribution in [3.8, 4) is 0 Å². The number of rotatable bonds is 5. The fourth-order valence-corrected chi connectivity index (χ4v) is 7.95. The molecule has 33 heavy (non-hydrogen) atoms. The maximum Gasteiger partial charge on any atom is 0.192 e. The minimum absolute atomic E-state index is 0.0343. The number of methoxy groups -OCH3 is 1. The summed E-state index contributed by atoms with van der Waals surface area (Å²) in [6, 6.07) is 0. The molecule has 0 aliphatic heterocycles. The van der Waals surface area contributed by atoms with Crippen LogP contribution in [0.25, 0.3) is 0 Å². The van der Waals surface area contributed by atoms with Gasteiger partial charge in [0.05, 0.1) is 6.10 Å². The highest BCUT2D eigenvalue weighted by Crippen LogP contribution is 2.60. The molecule has 6 nitrogen and oxygen atoms in total. The third kappa shape index (κ3) is 4.51. The van der Waals surface area contributed by atoms with Crippen LogP contribution in [0.2, 0.25) is 18.1 Å². The van der Waals surface area contributed by atoms with Crippen LogP contribution in [-0.2, 0) is 18.7 Å². The average Bonchev–Trinajstić information content (AvgIpc) is 2.69. The van der Waals surface area contributed by atoms with Crippen molar-refractivity contribution in [2.24, 2.45) is 22.7 Å². The van der Waals surface area contributed by atoms with Gasteiger partial charge in [-0.05, 0) is 66.5 Å². The summed E-state index contributed by atoms with van der Waals surface area (Å²) >= 11 is 0. The van der Waals surface area contributed by atoms with Crippen molar-refractivity contribution in [2.75, 3.05) is 13.9 Å². The van der Waals surface area contributed by atoms with Gasteiger partial charge in [0.25, 0.3) is 0 Å². The third-order valence-corrected chi connectivity index (χ3v) is 14.8. The number of carbonyl (C=O) groups is 1. The summed E-state index contributed by atoms with van der Waals surface area (Å²) in [5, 5.41) is 23.2. The molecule has 0 saturated heterocycles. The van der Waals surface area contributed by atoms with Crippen molar-refractivity contribution in [3.63, 3.8) is 0 Å². The van der Waals surface area contributed by atoms with E-state index in [4.69, 9.17) is 13.9 Å². The van der Waals surface area contributed by atoms with Gasteiger partial charge in [0, 0.05) is 19.6 Å². The van der Waals surface area contributed by atoms with Crippen molar-refractivity contribution >= 4 is 14.1 Å². The van der Waals surface area contributed by atoms with Gasteiger partial charge in [-0.1, -0.05) is 48.0 Å². The Bertz CT molecular complexity index is 731. The van der Waals surface area contributed by atoms with Gasteiger partial charge in [0.1, 0.15) is 18.5 Å². The van der Waals surface area contributed by atoms with Crippen LogP contribution >= 0.6 is 0 Å². The van der Waals surface area contributed by atoms with Gasteiger partial charge in [-0.15, -0.1) is 0 Å². The number of fused-ring (bicyclic) bond motifs is 3. The second-order valence-corrected chi connectivity index (χ2v) is 18.1. The van der Waals surface area contributed by atoms with Gasteiger partial charge in [-0.25, -0.2) is 0 Å². The summed E-state index contributed by atoms with van der Waals surface area (Å²) in [6.07, 6.45) is 2.69. The van der Waals surface area contributed by atoms with Crippen LogP contribution in [-0.4, -0.2) is 62.1 Å². The Morgan fingerprint density at radius 2 is 1.82 bits per heavy atom. The molecule has 2 bridgehead atoms. The van der Waals surface area contributed by atoms with E-state index in [1.54, 1.807) is 7.11 Å². The molecule has 7 heteroatoms. The van der Waals surface area contributed by atoms with E-state index in [1.165, 1.54) is 0 Å². The Morgan fingerprint density at radius 1 is 1.18 bits per heavy atom. The fraction of sp³-hybridized carbons (Fsp3) is 0.962. The van der Waals surface area contributed by atoms with Crippen LogP contribution < -0.4 is 0 Å². The number of ether oxygens (including phenoxy) is 2. The summed E-state index contributed by atoms with van der Waals surface area (Å²) in [5.41, 5.74) is -2.36. The largest absolute Gasteiger partial charge is 0.414 e.